The molecule has 0 bridgehead atoms. The van der Waals surface area contributed by atoms with Crippen molar-refractivity contribution < 1.29 is 8.42 Å². The van der Waals surface area contributed by atoms with Crippen molar-refractivity contribution in [2.24, 2.45) is 0 Å². The van der Waals surface area contributed by atoms with Gasteiger partial charge in [-0.1, -0.05) is 17.7 Å². The molecule has 2 aromatic rings. The van der Waals surface area contributed by atoms with Crippen LogP contribution in [-0.4, -0.2) is 15.0 Å². The number of benzene rings is 2. The standard InChI is InChI=1S/C15H15ClN2O2S/c16-13-2-5-15(6-3-13)21(19,20)18-14-4-1-11-7-8-17-10-12(11)9-14/h1-6,9,17-18H,7-8,10H2. The predicted molar refractivity (Wildman–Crippen MR) is 84.1 cm³/mol. The molecule has 2 aromatic carbocycles. The summed E-state index contributed by atoms with van der Waals surface area (Å²) in [7, 11) is -3.59. The molecule has 110 valence electrons. The summed E-state index contributed by atoms with van der Waals surface area (Å²) in [6.07, 6.45) is 0.972. The molecule has 0 aliphatic carbocycles. The number of hydrogen-bond acceptors (Lipinski definition) is 3. The lowest BCUT2D eigenvalue weighted by Gasteiger charge is -2.18. The number of rotatable bonds is 3. The van der Waals surface area contributed by atoms with Gasteiger partial charge in [0.1, 0.15) is 0 Å². The number of sulfonamides is 1. The summed E-state index contributed by atoms with van der Waals surface area (Å²) in [5, 5.41) is 3.79. The fourth-order valence-electron chi connectivity index (χ4n) is 2.37. The number of halogens is 1. The first-order valence-electron chi connectivity index (χ1n) is 6.65. The van der Waals surface area contributed by atoms with Crippen molar-refractivity contribution in [3.05, 3.63) is 58.6 Å². The first-order chi connectivity index (χ1) is 10.0. The Morgan fingerprint density at radius 1 is 1.05 bits per heavy atom. The Morgan fingerprint density at radius 3 is 2.57 bits per heavy atom. The van der Waals surface area contributed by atoms with Gasteiger partial charge in [0.15, 0.2) is 0 Å². The van der Waals surface area contributed by atoms with Gasteiger partial charge in [-0.3, -0.25) is 4.72 Å². The minimum absolute atomic E-state index is 0.197. The molecule has 1 aliphatic rings. The minimum atomic E-state index is -3.59. The van der Waals surface area contributed by atoms with E-state index < -0.39 is 10.0 Å². The van der Waals surface area contributed by atoms with Gasteiger partial charge in [-0.05, 0) is 60.5 Å². The second-order valence-electron chi connectivity index (χ2n) is 4.97. The molecule has 4 nitrogen and oxygen atoms in total. The van der Waals surface area contributed by atoms with Crippen molar-refractivity contribution in [1.82, 2.24) is 5.32 Å². The topological polar surface area (TPSA) is 58.2 Å². The third-order valence-corrected chi connectivity index (χ3v) is 5.12. The highest BCUT2D eigenvalue weighted by Crippen LogP contribution is 2.22. The second-order valence-corrected chi connectivity index (χ2v) is 7.09. The SMILES string of the molecule is O=S(=O)(Nc1ccc2c(c1)CNCC2)c1ccc(Cl)cc1. The molecule has 0 aromatic heterocycles. The van der Waals surface area contributed by atoms with Crippen LogP contribution in [0.4, 0.5) is 5.69 Å². The normalized spacial score (nSPS) is 14.5. The van der Waals surface area contributed by atoms with E-state index in [1.807, 2.05) is 12.1 Å². The molecule has 0 saturated heterocycles. The molecule has 0 radical (unpaired) electrons. The fraction of sp³-hybridized carbons (Fsp3) is 0.200. The summed E-state index contributed by atoms with van der Waals surface area (Å²) < 4.78 is 27.2. The second kappa shape index (κ2) is 5.67. The quantitative estimate of drug-likeness (QED) is 0.913. The Balaban J connectivity index is 1.87. The highest BCUT2D eigenvalue weighted by molar-refractivity contribution is 7.92. The number of nitrogens with one attached hydrogen (secondary N) is 2. The summed E-state index contributed by atoms with van der Waals surface area (Å²) in [5.74, 6) is 0. The summed E-state index contributed by atoms with van der Waals surface area (Å²) in [4.78, 5) is 0.197. The monoisotopic (exact) mass is 322 g/mol. The Hall–Kier alpha value is -1.56. The lowest BCUT2D eigenvalue weighted by Crippen LogP contribution is -2.23. The van der Waals surface area contributed by atoms with Crippen LogP contribution in [0.3, 0.4) is 0 Å². The van der Waals surface area contributed by atoms with Crippen LogP contribution >= 0.6 is 11.6 Å². The van der Waals surface area contributed by atoms with E-state index in [1.165, 1.54) is 17.7 Å². The molecular formula is C15H15ClN2O2S. The maximum atomic E-state index is 12.3. The van der Waals surface area contributed by atoms with E-state index in [0.29, 0.717) is 10.7 Å². The average molecular weight is 323 g/mol. The summed E-state index contributed by atoms with van der Waals surface area (Å²) in [6.45, 7) is 1.73. The van der Waals surface area contributed by atoms with Crippen molar-refractivity contribution in [2.45, 2.75) is 17.9 Å². The van der Waals surface area contributed by atoms with E-state index in [4.69, 9.17) is 11.6 Å². The first kappa shape index (κ1) is 14.4. The van der Waals surface area contributed by atoms with Crippen molar-refractivity contribution in [2.75, 3.05) is 11.3 Å². The van der Waals surface area contributed by atoms with Crippen LogP contribution < -0.4 is 10.0 Å². The van der Waals surface area contributed by atoms with Crippen molar-refractivity contribution in [3.63, 3.8) is 0 Å². The van der Waals surface area contributed by atoms with Gasteiger partial charge in [-0.15, -0.1) is 0 Å². The van der Waals surface area contributed by atoms with E-state index in [2.05, 4.69) is 10.0 Å². The third kappa shape index (κ3) is 3.20. The van der Waals surface area contributed by atoms with Gasteiger partial charge in [0.05, 0.1) is 4.90 Å². The van der Waals surface area contributed by atoms with Crippen LogP contribution in [0, 0.1) is 0 Å². The van der Waals surface area contributed by atoms with Crippen LogP contribution in [0.15, 0.2) is 47.4 Å². The van der Waals surface area contributed by atoms with E-state index in [0.717, 1.165) is 25.1 Å². The molecule has 0 spiro atoms. The summed E-state index contributed by atoms with van der Waals surface area (Å²) in [5.41, 5.74) is 2.98. The maximum absolute atomic E-state index is 12.3. The lowest BCUT2D eigenvalue weighted by atomic mass is 10.0. The Kier molecular flexibility index (Phi) is 3.89. The van der Waals surface area contributed by atoms with Crippen molar-refractivity contribution >= 4 is 27.3 Å². The van der Waals surface area contributed by atoms with Gasteiger partial charge in [0, 0.05) is 17.3 Å². The van der Waals surface area contributed by atoms with Gasteiger partial charge in [-0.2, -0.15) is 0 Å². The van der Waals surface area contributed by atoms with E-state index in [9.17, 15) is 8.42 Å². The molecular weight excluding hydrogens is 308 g/mol. The highest BCUT2D eigenvalue weighted by atomic mass is 35.5. The molecule has 2 N–H and O–H groups in total. The Bertz CT molecular complexity index is 758. The molecule has 0 atom stereocenters. The van der Waals surface area contributed by atoms with Gasteiger partial charge in [-0.25, -0.2) is 8.42 Å². The Labute approximate surface area is 129 Å². The van der Waals surface area contributed by atoms with E-state index in [-0.39, 0.29) is 4.90 Å². The maximum Gasteiger partial charge on any atom is 0.261 e. The Morgan fingerprint density at radius 2 is 1.81 bits per heavy atom. The van der Waals surface area contributed by atoms with Crippen LogP contribution in [0.5, 0.6) is 0 Å². The third-order valence-electron chi connectivity index (χ3n) is 3.47. The van der Waals surface area contributed by atoms with Crippen molar-refractivity contribution in [3.8, 4) is 0 Å². The van der Waals surface area contributed by atoms with E-state index >= 15 is 0 Å². The van der Waals surface area contributed by atoms with Crippen LogP contribution in [-0.2, 0) is 23.0 Å². The minimum Gasteiger partial charge on any atom is -0.312 e. The van der Waals surface area contributed by atoms with Gasteiger partial charge >= 0.3 is 0 Å². The summed E-state index contributed by atoms with van der Waals surface area (Å²) >= 11 is 5.78. The number of hydrogen-bond donors (Lipinski definition) is 2. The molecule has 0 saturated carbocycles. The van der Waals surface area contributed by atoms with Crippen LogP contribution in [0.1, 0.15) is 11.1 Å². The van der Waals surface area contributed by atoms with Gasteiger partial charge in [0.2, 0.25) is 0 Å². The molecule has 3 rings (SSSR count). The highest BCUT2D eigenvalue weighted by Gasteiger charge is 2.15. The lowest BCUT2D eigenvalue weighted by molar-refractivity contribution is 0.601. The fourth-order valence-corrected chi connectivity index (χ4v) is 3.55. The smallest absolute Gasteiger partial charge is 0.261 e. The molecule has 0 fully saturated rings. The summed E-state index contributed by atoms with van der Waals surface area (Å²) in [6, 6.07) is 11.8. The van der Waals surface area contributed by atoms with Crippen LogP contribution in [0.2, 0.25) is 5.02 Å². The van der Waals surface area contributed by atoms with Gasteiger partial charge in [0.25, 0.3) is 10.0 Å². The molecule has 0 amide bonds. The molecule has 6 heteroatoms. The largest absolute Gasteiger partial charge is 0.312 e. The number of anilines is 1. The molecule has 21 heavy (non-hydrogen) atoms. The molecule has 1 heterocycles. The van der Waals surface area contributed by atoms with Gasteiger partial charge < -0.3 is 5.32 Å². The molecule has 1 aliphatic heterocycles. The first-order valence-corrected chi connectivity index (χ1v) is 8.52. The van der Waals surface area contributed by atoms with Crippen molar-refractivity contribution in [1.29, 1.82) is 0 Å². The zero-order valence-electron chi connectivity index (χ0n) is 11.3. The zero-order chi connectivity index (χ0) is 14.9. The predicted octanol–water partition coefficient (Wildman–Crippen LogP) is 2.79. The number of fused-ring (bicyclic) bond motifs is 1. The zero-order valence-corrected chi connectivity index (χ0v) is 12.8. The molecule has 0 unspecified atom stereocenters. The van der Waals surface area contributed by atoms with Crippen LogP contribution in [0.25, 0.3) is 0 Å². The average Bonchev–Trinajstić information content (AvgIpc) is 2.47. The van der Waals surface area contributed by atoms with E-state index in [1.54, 1.807) is 18.2 Å².